The lowest BCUT2D eigenvalue weighted by molar-refractivity contribution is 0.0979. The molecule has 76 valence electrons. The topological polar surface area (TPSA) is 17.1 Å². The quantitative estimate of drug-likeness (QED) is 0.569. The molecule has 0 fully saturated rings. The van der Waals surface area contributed by atoms with Gasteiger partial charge in [-0.1, -0.05) is 47.8 Å². The first-order chi connectivity index (χ1) is 6.74. The van der Waals surface area contributed by atoms with Crippen LogP contribution in [0.5, 0.6) is 0 Å². The molecule has 0 aliphatic carbocycles. The van der Waals surface area contributed by atoms with Gasteiger partial charge in [0.15, 0.2) is 5.78 Å². The molecule has 0 heterocycles. The first-order valence-electron chi connectivity index (χ1n) is 5.03. The van der Waals surface area contributed by atoms with Crippen LogP contribution in [-0.2, 0) is 0 Å². The van der Waals surface area contributed by atoms with Gasteiger partial charge >= 0.3 is 0 Å². The predicted molar refractivity (Wildman–Crippen MR) is 62.6 cm³/mol. The van der Waals surface area contributed by atoms with Crippen molar-refractivity contribution in [2.45, 2.75) is 32.6 Å². The maximum absolute atomic E-state index is 11.7. The van der Waals surface area contributed by atoms with E-state index < -0.39 is 0 Å². The van der Waals surface area contributed by atoms with Crippen LogP contribution in [0.15, 0.2) is 28.7 Å². The van der Waals surface area contributed by atoms with Crippen molar-refractivity contribution in [2.24, 2.45) is 0 Å². The monoisotopic (exact) mass is 254 g/mol. The zero-order chi connectivity index (χ0) is 10.4. The lowest BCUT2D eigenvalue weighted by Gasteiger charge is -2.00. The summed E-state index contributed by atoms with van der Waals surface area (Å²) in [5.74, 6) is 0.250. The largest absolute Gasteiger partial charge is 0.294 e. The van der Waals surface area contributed by atoms with Gasteiger partial charge in [-0.25, -0.2) is 0 Å². The number of carbonyl (C=O) groups is 1. The average Bonchev–Trinajstić information content (AvgIpc) is 2.18. The van der Waals surface area contributed by atoms with Crippen molar-refractivity contribution in [3.05, 3.63) is 34.3 Å². The number of hydrogen-bond donors (Lipinski definition) is 0. The maximum atomic E-state index is 11.7. The van der Waals surface area contributed by atoms with E-state index in [1.807, 2.05) is 24.3 Å². The summed E-state index contributed by atoms with van der Waals surface area (Å²) < 4.78 is 0.971. The maximum Gasteiger partial charge on any atom is 0.162 e. The van der Waals surface area contributed by atoms with Crippen molar-refractivity contribution in [3.63, 3.8) is 0 Å². The fraction of sp³-hybridized carbons (Fsp3) is 0.417. The second-order valence-electron chi connectivity index (χ2n) is 3.39. The Kier molecular flexibility index (Phi) is 4.88. The fourth-order valence-corrected chi connectivity index (χ4v) is 1.74. The molecule has 0 amide bonds. The number of halogens is 1. The SMILES string of the molecule is CCCCCC(=O)c1cccc(Br)c1. The number of benzene rings is 1. The van der Waals surface area contributed by atoms with Gasteiger partial charge in [-0.15, -0.1) is 0 Å². The van der Waals surface area contributed by atoms with Crippen LogP contribution in [0.4, 0.5) is 0 Å². The van der Waals surface area contributed by atoms with Gasteiger partial charge in [0.1, 0.15) is 0 Å². The highest BCUT2D eigenvalue weighted by molar-refractivity contribution is 9.10. The van der Waals surface area contributed by atoms with Crippen molar-refractivity contribution in [1.82, 2.24) is 0 Å². The van der Waals surface area contributed by atoms with Crippen LogP contribution in [0.3, 0.4) is 0 Å². The molecule has 0 aliphatic rings. The number of carbonyl (C=O) groups excluding carboxylic acids is 1. The first kappa shape index (κ1) is 11.4. The summed E-state index contributed by atoms with van der Waals surface area (Å²) in [7, 11) is 0. The van der Waals surface area contributed by atoms with Crippen LogP contribution >= 0.6 is 15.9 Å². The number of ketones is 1. The van der Waals surface area contributed by atoms with Gasteiger partial charge in [-0.3, -0.25) is 4.79 Å². The molecule has 1 rings (SSSR count). The highest BCUT2D eigenvalue weighted by Crippen LogP contribution is 2.14. The molecule has 0 saturated carbocycles. The number of unbranched alkanes of at least 4 members (excludes halogenated alkanes) is 2. The summed E-state index contributed by atoms with van der Waals surface area (Å²) >= 11 is 3.36. The van der Waals surface area contributed by atoms with Crippen LogP contribution in [0.1, 0.15) is 43.0 Å². The third kappa shape index (κ3) is 3.62. The van der Waals surface area contributed by atoms with E-state index in [9.17, 15) is 4.79 Å². The molecule has 1 nitrogen and oxygen atoms in total. The van der Waals surface area contributed by atoms with Crippen molar-refractivity contribution in [1.29, 1.82) is 0 Å². The molecule has 1 aromatic carbocycles. The standard InChI is InChI=1S/C12H15BrO/c1-2-3-4-8-12(14)10-6-5-7-11(13)9-10/h5-7,9H,2-4,8H2,1H3. The van der Waals surface area contributed by atoms with Crippen LogP contribution in [0.2, 0.25) is 0 Å². The Morgan fingerprint density at radius 2 is 2.14 bits per heavy atom. The van der Waals surface area contributed by atoms with Crippen molar-refractivity contribution in [3.8, 4) is 0 Å². The molecule has 0 aliphatic heterocycles. The Labute approximate surface area is 93.7 Å². The summed E-state index contributed by atoms with van der Waals surface area (Å²) in [6.45, 7) is 2.14. The second-order valence-corrected chi connectivity index (χ2v) is 4.31. The van der Waals surface area contributed by atoms with E-state index in [4.69, 9.17) is 0 Å². The minimum Gasteiger partial charge on any atom is -0.294 e. The molecule has 0 saturated heterocycles. The van der Waals surface area contributed by atoms with Crippen molar-refractivity contribution in [2.75, 3.05) is 0 Å². The van der Waals surface area contributed by atoms with Crippen LogP contribution < -0.4 is 0 Å². The molecule has 0 N–H and O–H groups in total. The Bertz CT molecular complexity index is 307. The predicted octanol–water partition coefficient (Wildman–Crippen LogP) is 4.21. The lowest BCUT2D eigenvalue weighted by Crippen LogP contribution is -1.98. The minimum absolute atomic E-state index is 0.250. The average molecular weight is 255 g/mol. The fourth-order valence-electron chi connectivity index (χ4n) is 1.34. The Balaban J connectivity index is 2.52. The second kappa shape index (κ2) is 5.97. The molecule has 0 bridgehead atoms. The summed E-state index contributed by atoms with van der Waals surface area (Å²) in [5.41, 5.74) is 0.815. The van der Waals surface area contributed by atoms with Crippen LogP contribution in [0.25, 0.3) is 0 Å². The lowest BCUT2D eigenvalue weighted by atomic mass is 10.1. The molecule has 0 aromatic heterocycles. The zero-order valence-corrected chi connectivity index (χ0v) is 10.0. The highest BCUT2D eigenvalue weighted by Gasteiger charge is 2.04. The van der Waals surface area contributed by atoms with Crippen molar-refractivity contribution >= 4 is 21.7 Å². The summed E-state index contributed by atoms with van der Waals surface area (Å²) in [5, 5.41) is 0. The molecule has 0 unspecified atom stereocenters. The van der Waals surface area contributed by atoms with Gasteiger partial charge in [-0.2, -0.15) is 0 Å². The van der Waals surface area contributed by atoms with Crippen LogP contribution in [-0.4, -0.2) is 5.78 Å². The van der Waals surface area contributed by atoms with Gasteiger partial charge < -0.3 is 0 Å². The van der Waals surface area contributed by atoms with Gasteiger partial charge in [0.25, 0.3) is 0 Å². The first-order valence-corrected chi connectivity index (χ1v) is 5.82. The Morgan fingerprint density at radius 3 is 2.79 bits per heavy atom. The number of Topliss-reactive ketones (excluding diaryl/α,β-unsaturated/α-hetero) is 1. The molecule has 0 atom stereocenters. The normalized spacial score (nSPS) is 10.1. The molecule has 14 heavy (non-hydrogen) atoms. The summed E-state index contributed by atoms with van der Waals surface area (Å²) in [4.78, 5) is 11.7. The summed E-state index contributed by atoms with van der Waals surface area (Å²) in [6.07, 6.45) is 3.97. The van der Waals surface area contributed by atoms with Gasteiger partial charge in [-0.05, 0) is 18.6 Å². The third-order valence-corrected chi connectivity index (χ3v) is 2.65. The molecular formula is C12H15BrO. The van der Waals surface area contributed by atoms with Gasteiger partial charge in [0.2, 0.25) is 0 Å². The third-order valence-electron chi connectivity index (χ3n) is 2.15. The van der Waals surface area contributed by atoms with Gasteiger partial charge in [0.05, 0.1) is 0 Å². The Morgan fingerprint density at radius 1 is 1.36 bits per heavy atom. The van der Waals surface area contributed by atoms with Crippen molar-refractivity contribution < 1.29 is 4.79 Å². The molecular weight excluding hydrogens is 240 g/mol. The van der Waals surface area contributed by atoms with E-state index in [2.05, 4.69) is 22.9 Å². The smallest absolute Gasteiger partial charge is 0.162 e. The molecule has 2 heteroatoms. The molecule has 0 spiro atoms. The number of rotatable bonds is 5. The Hall–Kier alpha value is -0.630. The van der Waals surface area contributed by atoms with E-state index in [1.54, 1.807) is 0 Å². The molecule has 1 aromatic rings. The van der Waals surface area contributed by atoms with E-state index in [-0.39, 0.29) is 5.78 Å². The van der Waals surface area contributed by atoms with E-state index in [0.717, 1.165) is 29.3 Å². The van der Waals surface area contributed by atoms with Gasteiger partial charge in [0, 0.05) is 16.5 Å². The van der Waals surface area contributed by atoms with E-state index >= 15 is 0 Å². The van der Waals surface area contributed by atoms with E-state index in [0.29, 0.717) is 6.42 Å². The van der Waals surface area contributed by atoms with E-state index in [1.165, 1.54) is 0 Å². The van der Waals surface area contributed by atoms with Crippen LogP contribution in [0, 0.1) is 0 Å². The highest BCUT2D eigenvalue weighted by atomic mass is 79.9. The molecule has 0 radical (unpaired) electrons. The number of hydrogen-bond acceptors (Lipinski definition) is 1. The summed E-state index contributed by atoms with van der Waals surface area (Å²) in [6, 6.07) is 7.59. The minimum atomic E-state index is 0.250. The zero-order valence-electron chi connectivity index (χ0n) is 8.42.